The lowest BCUT2D eigenvalue weighted by Crippen LogP contribution is -2.21. The molecule has 0 saturated carbocycles. The number of aliphatic hydroxyl groups excluding tert-OH is 1. The van der Waals surface area contributed by atoms with Gasteiger partial charge in [0.25, 0.3) is 0 Å². The number of aliphatic hydroxyl groups is 1. The molecule has 0 aliphatic carbocycles. The number of pyridine rings is 1. The number of hydrogen-bond donors (Lipinski definition) is 3. The van der Waals surface area contributed by atoms with Gasteiger partial charge in [-0.1, -0.05) is 12.1 Å². The van der Waals surface area contributed by atoms with E-state index in [1.165, 1.54) is 20.4 Å². The summed E-state index contributed by atoms with van der Waals surface area (Å²) >= 11 is 0. The van der Waals surface area contributed by atoms with Crippen molar-refractivity contribution < 1.29 is 47.2 Å². The number of aliphatic carboxylic acids is 1. The Hall–Kier alpha value is -4.79. The number of benzene rings is 2. The summed E-state index contributed by atoms with van der Waals surface area (Å²) in [6, 6.07) is 10.2. The van der Waals surface area contributed by atoms with Crippen LogP contribution in [0.4, 0.5) is 13.2 Å². The number of carboxylic acid groups (broad SMARTS) is 1. The molecule has 0 spiro atoms. The first kappa shape index (κ1) is 27.8. The van der Waals surface area contributed by atoms with Gasteiger partial charge in [-0.3, -0.25) is 9.78 Å². The number of methoxy groups -OCH3 is 2. The zero-order chi connectivity index (χ0) is 27.9. The van der Waals surface area contributed by atoms with Gasteiger partial charge in [0.05, 0.1) is 20.8 Å². The van der Waals surface area contributed by atoms with E-state index >= 15 is 0 Å². The van der Waals surface area contributed by atoms with E-state index < -0.39 is 12.1 Å². The van der Waals surface area contributed by atoms with Gasteiger partial charge < -0.3 is 24.4 Å². The monoisotopic (exact) mass is 535 g/mol. The van der Waals surface area contributed by atoms with Crippen LogP contribution in [0.25, 0.3) is 22.2 Å². The molecular formula is C23H20F3N5O7. The minimum atomic E-state index is -5.08. The molecule has 3 N–H and O–H groups in total. The third-order valence-corrected chi connectivity index (χ3v) is 4.89. The van der Waals surface area contributed by atoms with Crippen molar-refractivity contribution in [3.63, 3.8) is 0 Å². The number of alkyl halides is 3. The second kappa shape index (κ2) is 12.0. The van der Waals surface area contributed by atoms with Crippen LogP contribution in [0, 0.1) is 0 Å². The van der Waals surface area contributed by atoms with Crippen molar-refractivity contribution in [2.45, 2.75) is 6.18 Å². The maximum Gasteiger partial charge on any atom is 0.490 e. The number of carboxylic acids is 1. The summed E-state index contributed by atoms with van der Waals surface area (Å²) in [5, 5.41) is 31.4. The number of carbonyl (C=O) groups excluding carboxylic acids is 1. The van der Waals surface area contributed by atoms with E-state index in [4.69, 9.17) is 29.2 Å². The maximum absolute atomic E-state index is 13.3. The van der Waals surface area contributed by atoms with Crippen molar-refractivity contribution in [1.29, 1.82) is 0 Å². The molecule has 0 fully saturated rings. The third kappa shape index (κ3) is 6.31. The van der Waals surface area contributed by atoms with Crippen LogP contribution < -0.4 is 14.2 Å². The lowest BCUT2D eigenvalue weighted by Gasteiger charge is -2.13. The number of ketones is 1. The molecular weight excluding hydrogens is 515 g/mol. The summed E-state index contributed by atoms with van der Waals surface area (Å²) in [6.45, 7) is 0.0127. The standard InChI is InChI=1S/C21H19N5O5.C2HF3O2/c1-29-17-9-14-15(10-18(17)30-2)19(22-11-16(14)21-23-25-26-24-21)20(28)12-4-3-5-13(8-12)31-7-6-27;3-2(4,5)1(6)7/h3-5,8-11,27H,6-7H2,1-2H3,(H,23,24,25,26);(H,6,7). The van der Waals surface area contributed by atoms with Crippen LogP contribution in [0.1, 0.15) is 16.1 Å². The Balaban J connectivity index is 0.000000505. The normalized spacial score (nSPS) is 10.9. The smallest absolute Gasteiger partial charge is 0.490 e. The number of ether oxygens (including phenoxy) is 3. The van der Waals surface area contributed by atoms with Gasteiger partial charge in [0.15, 0.2) is 11.5 Å². The molecule has 2 heterocycles. The number of nitrogens with zero attached hydrogens (tertiary/aromatic N) is 4. The van der Waals surface area contributed by atoms with Crippen LogP contribution in [0.5, 0.6) is 17.2 Å². The molecule has 0 bridgehead atoms. The molecule has 0 saturated heterocycles. The maximum atomic E-state index is 13.3. The summed E-state index contributed by atoms with van der Waals surface area (Å²) in [5.41, 5.74) is 1.20. The number of aromatic amines is 1. The van der Waals surface area contributed by atoms with E-state index in [0.717, 1.165) is 0 Å². The molecule has 2 aromatic heterocycles. The second-order valence-corrected chi connectivity index (χ2v) is 7.24. The van der Waals surface area contributed by atoms with E-state index in [9.17, 15) is 18.0 Å². The van der Waals surface area contributed by atoms with Gasteiger partial charge in [0.1, 0.15) is 18.1 Å². The lowest BCUT2D eigenvalue weighted by atomic mass is 9.98. The van der Waals surface area contributed by atoms with Gasteiger partial charge in [-0.15, -0.1) is 10.2 Å². The fourth-order valence-corrected chi connectivity index (χ4v) is 3.23. The van der Waals surface area contributed by atoms with Crippen molar-refractivity contribution >= 4 is 22.5 Å². The van der Waals surface area contributed by atoms with Crippen LogP contribution in [-0.4, -0.2) is 81.2 Å². The van der Waals surface area contributed by atoms with Crippen LogP contribution in [-0.2, 0) is 4.79 Å². The molecule has 0 radical (unpaired) electrons. The topological polar surface area (TPSA) is 170 Å². The highest BCUT2D eigenvalue weighted by Gasteiger charge is 2.38. The fraction of sp³-hybridized carbons (Fsp3) is 0.217. The molecule has 38 heavy (non-hydrogen) atoms. The Bertz CT molecular complexity index is 1430. The average molecular weight is 535 g/mol. The van der Waals surface area contributed by atoms with Crippen LogP contribution in [0.3, 0.4) is 0 Å². The highest BCUT2D eigenvalue weighted by Crippen LogP contribution is 2.37. The number of fused-ring (bicyclic) bond motifs is 1. The van der Waals surface area contributed by atoms with Crippen molar-refractivity contribution in [1.82, 2.24) is 25.6 Å². The molecule has 0 aliphatic rings. The average Bonchev–Trinajstić information content (AvgIpc) is 3.45. The minimum absolute atomic E-state index is 0.121. The first-order valence-electron chi connectivity index (χ1n) is 10.6. The first-order chi connectivity index (χ1) is 18.1. The number of nitrogens with one attached hydrogen (secondary N) is 1. The van der Waals surface area contributed by atoms with Crippen molar-refractivity contribution in [3.8, 4) is 28.6 Å². The second-order valence-electron chi connectivity index (χ2n) is 7.24. The zero-order valence-corrected chi connectivity index (χ0v) is 19.8. The summed E-state index contributed by atoms with van der Waals surface area (Å²) in [4.78, 5) is 26.7. The number of H-pyrrole nitrogens is 1. The molecule has 12 nitrogen and oxygen atoms in total. The van der Waals surface area contributed by atoms with Gasteiger partial charge in [0.2, 0.25) is 11.6 Å². The number of hydrogen-bond acceptors (Lipinski definition) is 10. The van der Waals surface area contributed by atoms with Gasteiger partial charge >= 0.3 is 12.1 Å². The van der Waals surface area contributed by atoms with Gasteiger partial charge in [-0.05, 0) is 29.5 Å². The van der Waals surface area contributed by atoms with Crippen molar-refractivity contribution in [2.24, 2.45) is 0 Å². The quantitative estimate of drug-likeness (QED) is 0.284. The largest absolute Gasteiger partial charge is 0.493 e. The summed E-state index contributed by atoms with van der Waals surface area (Å²) in [6.07, 6.45) is -3.56. The molecule has 0 aliphatic heterocycles. The van der Waals surface area contributed by atoms with Crippen molar-refractivity contribution in [3.05, 3.63) is 53.9 Å². The van der Waals surface area contributed by atoms with Crippen LogP contribution >= 0.6 is 0 Å². The minimum Gasteiger partial charge on any atom is -0.493 e. The molecule has 0 atom stereocenters. The zero-order valence-electron chi connectivity index (χ0n) is 19.8. The number of tetrazole rings is 1. The third-order valence-electron chi connectivity index (χ3n) is 4.89. The van der Waals surface area contributed by atoms with Gasteiger partial charge in [-0.25, -0.2) is 4.79 Å². The molecule has 15 heteroatoms. The van der Waals surface area contributed by atoms with Crippen LogP contribution in [0.15, 0.2) is 42.6 Å². The van der Waals surface area contributed by atoms with Gasteiger partial charge in [0, 0.05) is 28.1 Å². The molecule has 0 unspecified atom stereocenters. The number of halogens is 3. The van der Waals surface area contributed by atoms with E-state index in [-0.39, 0.29) is 24.7 Å². The Kier molecular flexibility index (Phi) is 8.75. The van der Waals surface area contributed by atoms with E-state index in [2.05, 4.69) is 25.6 Å². The van der Waals surface area contributed by atoms with Crippen LogP contribution in [0.2, 0.25) is 0 Å². The molecule has 0 amide bonds. The molecule has 4 rings (SSSR count). The number of rotatable bonds is 8. The molecule has 2 aromatic carbocycles. The summed E-state index contributed by atoms with van der Waals surface area (Å²) in [7, 11) is 3.05. The first-order valence-corrected chi connectivity index (χ1v) is 10.6. The van der Waals surface area contributed by atoms with Crippen molar-refractivity contribution in [2.75, 3.05) is 27.4 Å². The predicted octanol–water partition coefficient (Wildman–Crippen LogP) is 2.67. The highest BCUT2D eigenvalue weighted by molar-refractivity contribution is 6.17. The Labute approximate surface area is 212 Å². The predicted molar refractivity (Wildman–Crippen MR) is 124 cm³/mol. The number of carbonyl (C=O) groups is 2. The Morgan fingerprint density at radius 2 is 1.71 bits per heavy atom. The van der Waals surface area contributed by atoms with E-state index in [1.54, 1.807) is 36.4 Å². The fourth-order valence-electron chi connectivity index (χ4n) is 3.23. The summed E-state index contributed by atoms with van der Waals surface area (Å²) in [5.74, 6) is -1.30. The molecule has 4 aromatic rings. The number of aromatic nitrogens is 5. The highest BCUT2D eigenvalue weighted by atomic mass is 19.4. The SMILES string of the molecule is COc1cc2c(-c3nn[nH]n3)cnc(C(=O)c3cccc(OCCO)c3)c2cc1OC.O=C(O)C(F)(F)F. The summed E-state index contributed by atoms with van der Waals surface area (Å²) < 4.78 is 48.0. The Morgan fingerprint density at radius 3 is 2.26 bits per heavy atom. The molecule has 200 valence electrons. The van der Waals surface area contributed by atoms with E-state index in [0.29, 0.717) is 45.0 Å². The van der Waals surface area contributed by atoms with Gasteiger partial charge in [-0.2, -0.15) is 18.4 Å². The van der Waals surface area contributed by atoms with E-state index in [1.807, 2.05) is 0 Å². The lowest BCUT2D eigenvalue weighted by molar-refractivity contribution is -0.192. The Morgan fingerprint density at radius 1 is 1.05 bits per heavy atom.